The lowest BCUT2D eigenvalue weighted by Crippen LogP contribution is -2.08. The smallest absolute Gasteiger partial charge is 0.0773 e. The molecule has 15 heavy (non-hydrogen) atoms. The summed E-state index contributed by atoms with van der Waals surface area (Å²) in [5, 5.41) is 10.4. The van der Waals surface area contributed by atoms with Gasteiger partial charge in [0.05, 0.1) is 11.1 Å². The van der Waals surface area contributed by atoms with Crippen molar-refractivity contribution in [3.63, 3.8) is 0 Å². The molecule has 1 atom stereocenters. The molecule has 84 valence electrons. The second-order valence-corrected chi connectivity index (χ2v) is 6.79. The molecule has 0 aliphatic rings. The second kappa shape index (κ2) is 4.77. The molecule has 0 aliphatic carbocycles. The number of aliphatic hydroxyl groups is 1. The van der Waals surface area contributed by atoms with Crippen molar-refractivity contribution >= 4 is 23.4 Å². The topological polar surface area (TPSA) is 20.2 Å². The first-order valence-electron chi connectivity index (χ1n) is 4.97. The highest BCUT2D eigenvalue weighted by atomic mass is 35.5. The molecule has 0 aromatic heterocycles. The molecule has 0 amide bonds. The fourth-order valence-corrected chi connectivity index (χ4v) is 2.70. The van der Waals surface area contributed by atoms with Crippen LogP contribution in [0.2, 0.25) is 5.02 Å². The molecule has 1 aromatic carbocycles. The molecule has 0 saturated carbocycles. The van der Waals surface area contributed by atoms with E-state index < -0.39 is 6.10 Å². The summed E-state index contributed by atoms with van der Waals surface area (Å²) in [4.78, 5) is 0.988. The van der Waals surface area contributed by atoms with Crippen molar-refractivity contribution in [1.29, 1.82) is 0 Å². The molecule has 1 N–H and O–H groups in total. The molecule has 0 saturated heterocycles. The van der Waals surface area contributed by atoms with Gasteiger partial charge in [0.1, 0.15) is 0 Å². The van der Waals surface area contributed by atoms with E-state index in [1.165, 1.54) is 0 Å². The summed E-state index contributed by atoms with van der Waals surface area (Å²) < 4.78 is 0.0919. The molecule has 1 rings (SSSR count). The Morgan fingerprint density at radius 3 is 2.40 bits per heavy atom. The number of rotatable bonds is 2. The number of benzene rings is 1. The van der Waals surface area contributed by atoms with E-state index in [0.29, 0.717) is 5.02 Å². The van der Waals surface area contributed by atoms with Gasteiger partial charge in [-0.2, -0.15) is 0 Å². The molecular formula is C12H17ClOS. The van der Waals surface area contributed by atoms with Gasteiger partial charge in [0.2, 0.25) is 0 Å². The van der Waals surface area contributed by atoms with Crippen LogP contribution in [0.4, 0.5) is 0 Å². The zero-order valence-corrected chi connectivity index (χ0v) is 11.1. The summed E-state index contributed by atoms with van der Waals surface area (Å²) in [6.45, 7) is 8.16. The molecule has 1 aromatic rings. The third-order valence-electron chi connectivity index (χ3n) is 1.86. The van der Waals surface area contributed by atoms with Crippen LogP contribution >= 0.6 is 23.4 Å². The Bertz CT molecular complexity index is 342. The molecule has 0 aliphatic heterocycles. The van der Waals surface area contributed by atoms with E-state index in [1.54, 1.807) is 18.7 Å². The Hall–Kier alpha value is -0.180. The Labute approximate surface area is 101 Å². The first-order chi connectivity index (χ1) is 6.81. The lowest BCUT2D eigenvalue weighted by Gasteiger charge is -2.21. The fraction of sp³-hybridized carbons (Fsp3) is 0.500. The van der Waals surface area contributed by atoms with E-state index in [-0.39, 0.29) is 4.75 Å². The minimum atomic E-state index is -0.478. The number of halogens is 1. The molecule has 1 unspecified atom stereocenters. The van der Waals surface area contributed by atoms with E-state index in [4.69, 9.17) is 11.6 Å². The predicted octanol–water partition coefficient (Wildman–Crippen LogP) is 4.28. The Morgan fingerprint density at radius 1 is 1.33 bits per heavy atom. The molecule has 0 spiro atoms. The first kappa shape index (κ1) is 12.9. The maximum Gasteiger partial charge on any atom is 0.0773 e. The summed E-state index contributed by atoms with van der Waals surface area (Å²) >= 11 is 7.84. The van der Waals surface area contributed by atoms with Gasteiger partial charge in [-0.1, -0.05) is 44.5 Å². The van der Waals surface area contributed by atoms with Crippen LogP contribution in [0.5, 0.6) is 0 Å². The van der Waals surface area contributed by atoms with Crippen LogP contribution < -0.4 is 0 Å². The average molecular weight is 245 g/mol. The summed E-state index contributed by atoms with van der Waals surface area (Å²) in [5.41, 5.74) is 0.905. The van der Waals surface area contributed by atoms with Crippen LogP contribution in [0.1, 0.15) is 39.4 Å². The normalized spacial score (nSPS) is 14.0. The van der Waals surface area contributed by atoms with Gasteiger partial charge in [0.25, 0.3) is 0 Å². The maximum absolute atomic E-state index is 9.65. The highest BCUT2D eigenvalue weighted by molar-refractivity contribution is 8.00. The summed E-state index contributed by atoms with van der Waals surface area (Å²) in [6.07, 6.45) is -0.478. The maximum atomic E-state index is 9.65. The zero-order chi connectivity index (χ0) is 11.6. The van der Waals surface area contributed by atoms with E-state index in [2.05, 4.69) is 20.8 Å². The second-order valence-electron chi connectivity index (χ2n) is 4.55. The Morgan fingerprint density at radius 2 is 1.93 bits per heavy atom. The molecule has 3 heteroatoms. The van der Waals surface area contributed by atoms with E-state index in [1.807, 2.05) is 18.2 Å². The minimum absolute atomic E-state index is 0.0919. The van der Waals surface area contributed by atoms with Crippen molar-refractivity contribution in [3.05, 3.63) is 28.8 Å². The lowest BCUT2D eigenvalue weighted by molar-refractivity contribution is 0.196. The van der Waals surface area contributed by atoms with Crippen molar-refractivity contribution in [2.45, 2.75) is 43.4 Å². The van der Waals surface area contributed by atoms with Crippen molar-refractivity contribution in [2.75, 3.05) is 0 Å². The molecule has 0 heterocycles. The Balaban J connectivity index is 3.14. The first-order valence-corrected chi connectivity index (χ1v) is 6.16. The van der Waals surface area contributed by atoms with Crippen LogP contribution in [0.15, 0.2) is 23.1 Å². The molecule has 0 bridgehead atoms. The van der Waals surface area contributed by atoms with Crippen LogP contribution in [-0.2, 0) is 0 Å². The van der Waals surface area contributed by atoms with Crippen LogP contribution in [0.3, 0.4) is 0 Å². The third-order valence-corrected chi connectivity index (χ3v) is 3.55. The van der Waals surface area contributed by atoms with Gasteiger partial charge in [0.15, 0.2) is 0 Å². The van der Waals surface area contributed by atoms with Crippen molar-refractivity contribution < 1.29 is 5.11 Å². The highest BCUT2D eigenvalue weighted by Crippen LogP contribution is 2.40. The monoisotopic (exact) mass is 244 g/mol. The largest absolute Gasteiger partial charge is 0.389 e. The van der Waals surface area contributed by atoms with Gasteiger partial charge < -0.3 is 5.11 Å². The van der Waals surface area contributed by atoms with Crippen LogP contribution in [0.25, 0.3) is 0 Å². The van der Waals surface area contributed by atoms with Gasteiger partial charge in [-0.15, -0.1) is 11.8 Å². The fourth-order valence-electron chi connectivity index (χ4n) is 1.27. The van der Waals surface area contributed by atoms with Gasteiger partial charge in [-0.3, -0.25) is 0 Å². The summed E-state index contributed by atoms with van der Waals surface area (Å²) in [6, 6.07) is 5.66. The standard InChI is InChI=1S/C12H17ClOS/c1-8(14)9-6-5-7-10(13)11(9)15-12(2,3)4/h5-8,14H,1-4H3. The van der Waals surface area contributed by atoms with E-state index >= 15 is 0 Å². The predicted molar refractivity (Wildman–Crippen MR) is 67.7 cm³/mol. The minimum Gasteiger partial charge on any atom is -0.389 e. The molecule has 1 nitrogen and oxygen atoms in total. The van der Waals surface area contributed by atoms with Gasteiger partial charge in [-0.05, 0) is 18.6 Å². The lowest BCUT2D eigenvalue weighted by atomic mass is 10.1. The van der Waals surface area contributed by atoms with Crippen LogP contribution in [-0.4, -0.2) is 9.85 Å². The molecule has 0 radical (unpaired) electrons. The van der Waals surface area contributed by atoms with Crippen molar-refractivity contribution in [3.8, 4) is 0 Å². The zero-order valence-electron chi connectivity index (χ0n) is 9.54. The van der Waals surface area contributed by atoms with Crippen molar-refractivity contribution in [2.24, 2.45) is 0 Å². The number of thioether (sulfide) groups is 1. The summed E-state index contributed by atoms with van der Waals surface area (Å²) in [7, 11) is 0. The molecule has 0 fully saturated rings. The van der Waals surface area contributed by atoms with Crippen LogP contribution in [0, 0.1) is 0 Å². The van der Waals surface area contributed by atoms with E-state index in [0.717, 1.165) is 10.5 Å². The number of hydrogen-bond donors (Lipinski definition) is 1. The SMILES string of the molecule is CC(O)c1cccc(Cl)c1SC(C)(C)C. The number of hydrogen-bond acceptors (Lipinski definition) is 2. The summed E-state index contributed by atoms with van der Waals surface area (Å²) in [5.74, 6) is 0. The third kappa shape index (κ3) is 3.71. The van der Waals surface area contributed by atoms with Gasteiger partial charge in [-0.25, -0.2) is 0 Å². The van der Waals surface area contributed by atoms with E-state index in [9.17, 15) is 5.11 Å². The number of aliphatic hydroxyl groups excluding tert-OH is 1. The quantitative estimate of drug-likeness (QED) is 0.784. The highest BCUT2D eigenvalue weighted by Gasteiger charge is 2.18. The van der Waals surface area contributed by atoms with Gasteiger partial charge in [0, 0.05) is 9.64 Å². The van der Waals surface area contributed by atoms with Crippen molar-refractivity contribution in [1.82, 2.24) is 0 Å². The Kier molecular flexibility index (Phi) is 4.10. The molecular weight excluding hydrogens is 228 g/mol. The van der Waals surface area contributed by atoms with Gasteiger partial charge >= 0.3 is 0 Å². The average Bonchev–Trinajstić information content (AvgIpc) is 2.05.